The largest absolute Gasteiger partial charge is 0.303 e. The monoisotopic (exact) mass is 302 g/mol. The zero-order chi connectivity index (χ0) is 15.1. The van der Waals surface area contributed by atoms with Gasteiger partial charge in [0.25, 0.3) is 0 Å². The van der Waals surface area contributed by atoms with Crippen molar-refractivity contribution in [3.63, 3.8) is 0 Å². The maximum atomic E-state index is 12.3. The van der Waals surface area contributed by atoms with Crippen LogP contribution in [0, 0.1) is 0 Å². The van der Waals surface area contributed by atoms with E-state index in [1.807, 2.05) is 30.3 Å². The summed E-state index contributed by atoms with van der Waals surface area (Å²) < 4.78 is 24.6. The molecule has 2 aromatic rings. The maximum absolute atomic E-state index is 12.3. The van der Waals surface area contributed by atoms with E-state index >= 15 is 0 Å². The van der Waals surface area contributed by atoms with Gasteiger partial charge in [-0.2, -0.15) is 0 Å². The molecule has 4 heteroatoms. The summed E-state index contributed by atoms with van der Waals surface area (Å²) in [6.07, 6.45) is 1.64. The van der Waals surface area contributed by atoms with Crippen LogP contribution in [0.5, 0.6) is 0 Å². The molecule has 0 aliphatic rings. The van der Waals surface area contributed by atoms with Gasteiger partial charge in [-0.05, 0) is 30.0 Å². The Morgan fingerprint density at radius 1 is 0.905 bits per heavy atom. The van der Waals surface area contributed by atoms with Crippen LogP contribution >= 0.6 is 0 Å². The number of carbonyl (C=O) groups excluding carboxylic acids is 1. The van der Waals surface area contributed by atoms with Gasteiger partial charge in [0.1, 0.15) is 6.29 Å². The van der Waals surface area contributed by atoms with Gasteiger partial charge in [0.15, 0.2) is 9.84 Å². The zero-order valence-corrected chi connectivity index (χ0v) is 12.5. The molecule has 0 saturated carbocycles. The van der Waals surface area contributed by atoms with Crippen LogP contribution in [0.1, 0.15) is 24.3 Å². The maximum Gasteiger partial charge on any atom is 0.178 e. The van der Waals surface area contributed by atoms with E-state index in [-0.39, 0.29) is 11.7 Å². The van der Waals surface area contributed by atoms with Gasteiger partial charge in [-0.15, -0.1) is 0 Å². The predicted molar refractivity (Wildman–Crippen MR) is 83.0 cm³/mol. The van der Waals surface area contributed by atoms with E-state index in [9.17, 15) is 13.2 Å². The smallest absolute Gasteiger partial charge is 0.178 e. The van der Waals surface area contributed by atoms with Crippen molar-refractivity contribution >= 4 is 16.1 Å². The van der Waals surface area contributed by atoms with Crippen molar-refractivity contribution in [3.8, 4) is 0 Å². The normalized spacial score (nSPS) is 12.8. The van der Waals surface area contributed by atoms with Crippen LogP contribution in [0.4, 0.5) is 0 Å². The SMILES string of the molecule is O=CC[C@H](CCS(=O)(=O)c1ccccc1)c1ccccc1. The van der Waals surface area contributed by atoms with Crippen LogP contribution in [-0.2, 0) is 14.6 Å². The topological polar surface area (TPSA) is 51.2 Å². The van der Waals surface area contributed by atoms with Gasteiger partial charge in [0, 0.05) is 6.42 Å². The number of benzene rings is 2. The second kappa shape index (κ2) is 7.18. The Morgan fingerprint density at radius 2 is 1.48 bits per heavy atom. The van der Waals surface area contributed by atoms with Gasteiger partial charge < -0.3 is 4.79 Å². The summed E-state index contributed by atoms with van der Waals surface area (Å²) in [7, 11) is -3.30. The molecule has 0 bridgehead atoms. The molecule has 21 heavy (non-hydrogen) atoms. The Morgan fingerprint density at radius 3 is 2.05 bits per heavy atom. The van der Waals surface area contributed by atoms with Crippen LogP contribution in [0.3, 0.4) is 0 Å². The first-order valence-electron chi connectivity index (χ1n) is 6.90. The van der Waals surface area contributed by atoms with Crippen molar-refractivity contribution in [2.45, 2.75) is 23.7 Å². The summed E-state index contributed by atoms with van der Waals surface area (Å²) in [6, 6.07) is 18.0. The number of rotatable bonds is 7. The average molecular weight is 302 g/mol. The van der Waals surface area contributed by atoms with Gasteiger partial charge in [0.05, 0.1) is 10.6 Å². The molecule has 110 valence electrons. The Balaban J connectivity index is 2.11. The number of hydrogen-bond donors (Lipinski definition) is 0. The van der Waals surface area contributed by atoms with Gasteiger partial charge in [0.2, 0.25) is 0 Å². The number of sulfone groups is 1. The van der Waals surface area contributed by atoms with Gasteiger partial charge >= 0.3 is 0 Å². The standard InChI is InChI=1S/C17H18O3S/c18-13-11-16(15-7-3-1-4-8-15)12-14-21(19,20)17-9-5-2-6-10-17/h1-10,13,16H,11-12,14H2/t16-/m1/s1. The van der Waals surface area contributed by atoms with Gasteiger partial charge in [-0.3, -0.25) is 0 Å². The summed E-state index contributed by atoms with van der Waals surface area (Å²) in [5.41, 5.74) is 1.01. The predicted octanol–water partition coefficient (Wildman–Crippen LogP) is 3.22. The van der Waals surface area contributed by atoms with E-state index in [1.54, 1.807) is 30.3 Å². The molecule has 0 unspecified atom stereocenters. The lowest BCUT2D eigenvalue weighted by molar-refractivity contribution is -0.108. The van der Waals surface area contributed by atoms with E-state index in [4.69, 9.17) is 0 Å². The zero-order valence-electron chi connectivity index (χ0n) is 11.7. The molecule has 0 fully saturated rings. The molecule has 0 aliphatic heterocycles. The highest BCUT2D eigenvalue weighted by atomic mass is 32.2. The van der Waals surface area contributed by atoms with Crippen molar-refractivity contribution in [1.29, 1.82) is 0 Å². The fraction of sp³-hybridized carbons (Fsp3) is 0.235. The third-order valence-corrected chi connectivity index (χ3v) is 5.25. The van der Waals surface area contributed by atoms with E-state index in [0.29, 0.717) is 17.7 Å². The highest BCUT2D eigenvalue weighted by molar-refractivity contribution is 7.91. The summed E-state index contributed by atoms with van der Waals surface area (Å²) >= 11 is 0. The molecule has 0 radical (unpaired) electrons. The quantitative estimate of drug-likeness (QED) is 0.738. The van der Waals surface area contributed by atoms with Gasteiger partial charge in [-0.1, -0.05) is 48.5 Å². The van der Waals surface area contributed by atoms with E-state index in [0.717, 1.165) is 11.8 Å². The summed E-state index contributed by atoms with van der Waals surface area (Å²) in [5, 5.41) is 0. The van der Waals surface area contributed by atoms with Crippen LogP contribution < -0.4 is 0 Å². The first kappa shape index (κ1) is 15.4. The minimum Gasteiger partial charge on any atom is -0.303 e. The van der Waals surface area contributed by atoms with E-state index in [2.05, 4.69) is 0 Å². The lowest BCUT2D eigenvalue weighted by atomic mass is 9.94. The summed E-state index contributed by atoms with van der Waals surface area (Å²) in [4.78, 5) is 11.2. The van der Waals surface area contributed by atoms with Crippen molar-refractivity contribution in [3.05, 3.63) is 66.2 Å². The number of carbonyl (C=O) groups is 1. The van der Waals surface area contributed by atoms with Gasteiger partial charge in [-0.25, -0.2) is 8.42 Å². The average Bonchev–Trinajstić information content (AvgIpc) is 2.53. The van der Waals surface area contributed by atoms with Crippen LogP contribution in [0.25, 0.3) is 0 Å². The van der Waals surface area contributed by atoms with Crippen LogP contribution in [0.15, 0.2) is 65.6 Å². The molecule has 0 spiro atoms. The summed E-state index contributed by atoms with van der Waals surface area (Å²) in [5.74, 6) is -0.00748. The molecule has 0 saturated heterocycles. The minimum absolute atomic E-state index is 0.0460. The Labute approximate surface area is 125 Å². The Kier molecular flexibility index (Phi) is 5.28. The molecule has 2 aromatic carbocycles. The Bertz CT molecular complexity index is 664. The first-order valence-corrected chi connectivity index (χ1v) is 8.55. The van der Waals surface area contributed by atoms with Crippen LogP contribution in [0.2, 0.25) is 0 Å². The van der Waals surface area contributed by atoms with E-state index < -0.39 is 9.84 Å². The Hall–Kier alpha value is -1.94. The lowest BCUT2D eigenvalue weighted by Gasteiger charge is -2.14. The van der Waals surface area contributed by atoms with Crippen molar-refractivity contribution < 1.29 is 13.2 Å². The molecule has 1 atom stereocenters. The molecule has 0 aromatic heterocycles. The molecule has 0 amide bonds. The highest BCUT2D eigenvalue weighted by Crippen LogP contribution is 2.24. The molecule has 0 aliphatic carbocycles. The lowest BCUT2D eigenvalue weighted by Crippen LogP contribution is -2.11. The molecular formula is C17H18O3S. The van der Waals surface area contributed by atoms with Crippen molar-refractivity contribution in [2.75, 3.05) is 5.75 Å². The fourth-order valence-corrected chi connectivity index (χ4v) is 3.71. The number of hydrogen-bond acceptors (Lipinski definition) is 3. The minimum atomic E-state index is -3.30. The second-order valence-electron chi connectivity index (χ2n) is 4.93. The fourth-order valence-electron chi connectivity index (χ4n) is 2.31. The molecule has 0 heterocycles. The number of aldehydes is 1. The van der Waals surface area contributed by atoms with Crippen LogP contribution in [-0.4, -0.2) is 20.5 Å². The highest BCUT2D eigenvalue weighted by Gasteiger charge is 2.18. The second-order valence-corrected chi connectivity index (χ2v) is 7.04. The molecule has 0 N–H and O–H groups in total. The molecule has 3 nitrogen and oxygen atoms in total. The first-order chi connectivity index (χ1) is 10.1. The van der Waals surface area contributed by atoms with Crippen molar-refractivity contribution in [2.24, 2.45) is 0 Å². The van der Waals surface area contributed by atoms with Crippen molar-refractivity contribution in [1.82, 2.24) is 0 Å². The summed E-state index contributed by atoms with van der Waals surface area (Å²) in [6.45, 7) is 0. The third kappa shape index (κ3) is 4.26. The van der Waals surface area contributed by atoms with E-state index in [1.165, 1.54) is 0 Å². The third-order valence-electron chi connectivity index (χ3n) is 3.49. The molecular weight excluding hydrogens is 284 g/mol. The molecule has 2 rings (SSSR count).